The smallest absolute Gasteiger partial charge is 0.0588 e. The van der Waals surface area contributed by atoms with E-state index in [0.29, 0.717) is 0 Å². The molecule has 0 atom stereocenters. The first-order chi connectivity index (χ1) is 32.3. The van der Waals surface area contributed by atoms with Gasteiger partial charge in [-0.05, 0) is 115 Å². The maximum atomic E-state index is 2.58. The van der Waals surface area contributed by atoms with E-state index in [9.17, 15) is 0 Å². The van der Waals surface area contributed by atoms with Gasteiger partial charge in [-0.2, -0.15) is 0 Å². The van der Waals surface area contributed by atoms with E-state index in [2.05, 4.69) is 256 Å². The average Bonchev–Trinajstić information content (AvgIpc) is 3.91. The third kappa shape index (κ3) is 5.55. The first-order valence-corrected chi connectivity index (χ1v) is 23.3. The highest BCUT2D eigenvalue weighted by molar-refractivity contribution is 6.26. The van der Waals surface area contributed by atoms with Gasteiger partial charge in [0.05, 0.1) is 16.7 Å². The summed E-state index contributed by atoms with van der Waals surface area (Å²) in [4.78, 5) is 2.51. The summed E-state index contributed by atoms with van der Waals surface area (Å²) in [5.74, 6) is 0. The van der Waals surface area contributed by atoms with Crippen molar-refractivity contribution in [3.63, 3.8) is 0 Å². The number of nitrogens with zero attached hydrogens (tertiary/aromatic N) is 2. The lowest BCUT2D eigenvalue weighted by molar-refractivity contribution is 0.660. The number of aromatic nitrogens is 1. The van der Waals surface area contributed by atoms with Gasteiger partial charge >= 0.3 is 0 Å². The molecule has 2 aliphatic carbocycles. The molecule has 0 spiro atoms. The van der Waals surface area contributed by atoms with Crippen LogP contribution in [0.4, 0.5) is 17.1 Å². The van der Waals surface area contributed by atoms with Crippen LogP contribution in [0.2, 0.25) is 0 Å². The molecule has 0 radical (unpaired) electrons. The third-order valence-electron chi connectivity index (χ3n) is 15.0. The summed E-state index contributed by atoms with van der Waals surface area (Å²) in [6.45, 7) is 9.58. The fraction of sp³-hybridized carbons (Fsp3) is 0.0938. The highest BCUT2D eigenvalue weighted by Gasteiger charge is 2.39. The molecule has 0 fully saturated rings. The zero-order valence-electron chi connectivity index (χ0n) is 37.7. The lowest BCUT2D eigenvalue weighted by atomic mass is 9.81. The van der Waals surface area contributed by atoms with E-state index < -0.39 is 0 Å². The molecule has 0 bridgehead atoms. The van der Waals surface area contributed by atoms with Gasteiger partial charge in [0.25, 0.3) is 0 Å². The second-order valence-electron chi connectivity index (χ2n) is 19.3. The molecule has 0 amide bonds. The number of rotatable bonds is 6. The maximum Gasteiger partial charge on any atom is 0.0588 e. The first kappa shape index (κ1) is 38.5. The summed E-state index contributed by atoms with van der Waals surface area (Å²) in [5.41, 5.74) is 22.2. The Morgan fingerprint density at radius 2 is 0.864 bits per heavy atom. The molecule has 1 heterocycles. The van der Waals surface area contributed by atoms with E-state index in [0.717, 1.165) is 22.7 Å². The van der Waals surface area contributed by atoms with Gasteiger partial charge in [-0.15, -0.1) is 0 Å². The van der Waals surface area contributed by atoms with Crippen LogP contribution >= 0.6 is 0 Å². The Morgan fingerprint density at radius 3 is 1.53 bits per heavy atom. The van der Waals surface area contributed by atoms with Crippen LogP contribution in [0, 0.1) is 0 Å². The Bertz CT molecular complexity index is 3720. The van der Waals surface area contributed by atoms with Crippen LogP contribution in [0.3, 0.4) is 0 Å². The number of hydrogen-bond acceptors (Lipinski definition) is 1. The molecule has 2 heteroatoms. The van der Waals surface area contributed by atoms with Crippen LogP contribution < -0.4 is 4.90 Å². The van der Waals surface area contributed by atoms with Gasteiger partial charge in [-0.25, -0.2) is 0 Å². The minimum absolute atomic E-state index is 0.153. The minimum atomic E-state index is -0.221. The molecule has 0 N–H and O–H groups in total. The van der Waals surface area contributed by atoms with E-state index in [1.807, 2.05) is 0 Å². The normalized spacial score (nSPS) is 14.0. The molecule has 314 valence electrons. The Kier molecular flexibility index (Phi) is 8.33. The molecule has 0 aliphatic heterocycles. The SMILES string of the molecule is CC1(C)c2ccccc2-c2ccc(N(c3ccc(-c4ccccc4)cc3)c3cc4c(c5ccccc35)c3ccc5c(c3n4-c3ccc(-c4ccccc4)cc3)C(C)(C)c3ccccc3-5)cc21. The Balaban J connectivity index is 1.12. The van der Waals surface area contributed by atoms with E-state index in [-0.39, 0.29) is 10.8 Å². The summed E-state index contributed by atoms with van der Waals surface area (Å²) in [6, 6.07) is 81.3. The van der Waals surface area contributed by atoms with Crippen molar-refractivity contribution < 1.29 is 0 Å². The van der Waals surface area contributed by atoms with Crippen molar-refractivity contribution in [1.82, 2.24) is 4.57 Å². The molecule has 0 saturated carbocycles. The molecule has 11 aromatic rings. The third-order valence-corrected chi connectivity index (χ3v) is 15.0. The summed E-state index contributed by atoms with van der Waals surface area (Å²) in [7, 11) is 0. The van der Waals surface area contributed by atoms with Gasteiger partial charge in [0.15, 0.2) is 0 Å². The highest BCUT2D eigenvalue weighted by Crippen LogP contribution is 2.55. The van der Waals surface area contributed by atoms with Crippen molar-refractivity contribution in [2.75, 3.05) is 4.90 Å². The molecule has 13 rings (SSSR count). The van der Waals surface area contributed by atoms with Crippen molar-refractivity contribution in [1.29, 1.82) is 0 Å². The lowest BCUT2D eigenvalue weighted by Crippen LogP contribution is -2.17. The van der Waals surface area contributed by atoms with Gasteiger partial charge in [0.2, 0.25) is 0 Å². The number of benzene rings is 10. The number of anilines is 3. The van der Waals surface area contributed by atoms with Crippen LogP contribution in [-0.2, 0) is 10.8 Å². The number of hydrogen-bond donors (Lipinski definition) is 0. The second kappa shape index (κ2) is 14.3. The van der Waals surface area contributed by atoms with Crippen molar-refractivity contribution in [2.24, 2.45) is 0 Å². The topological polar surface area (TPSA) is 8.17 Å². The summed E-state index contributed by atoms with van der Waals surface area (Å²) >= 11 is 0. The molecular weight excluding hydrogens is 797 g/mol. The zero-order chi connectivity index (χ0) is 44.3. The van der Waals surface area contributed by atoms with Crippen molar-refractivity contribution in [2.45, 2.75) is 38.5 Å². The van der Waals surface area contributed by atoms with Gasteiger partial charge < -0.3 is 9.47 Å². The van der Waals surface area contributed by atoms with E-state index in [4.69, 9.17) is 0 Å². The first-order valence-electron chi connectivity index (χ1n) is 23.3. The minimum Gasteiger partial charge on any atom is -0.310 e. The molecule has 2 aliphatic rings. The highest BCUT2D eigenvalue weighted by atomic mass is 15.1. The Morgan fingerprint density at radius 1 is 0.364 bits per heavy atom. The molecule has 2 nitrogen and oxygen atoms in total. The summed E-state index contributed by atoms with van der Waals surface area (Å²) in [6.07, 6.45) is 0. The van der Waals surface area contributed by atoms with Gasteiger partial charge in [-0.1, -0.05) is 204 Å². The molecular formula is C64H48N2. The Hall–Kier alpha value is -7.94. The second-order valence-corrected chi connectivity index (χ2v) is 19.3. The van der Waals surface area contributed by atoms with Crippen molar-refractivity contribution in [3.05, 3.63) is 241 Å². The summed E-state index contributed by atoms with van der Waals surface area (Å²) < 4.78 is 2.58. The van der Waals surface area contributed by atoms with E-state index in [1.54, 1.807) is 0 Å². The monoisotopic (exact) mass is 844 g/mol. The van der Waals surface area contributed by atoms with Crippen LogP contribution in [0.1, 0.15) is 49.9 Å². The fourth-order valence-corrected chi connectivity index (χ4v) is 11.8. The Labute approximate surface area is 386 Å². The molecule has 0 saturated heterocycles. The lowest BCUT2D eigenvalue weighted by Gasteiger charge is -2.29. The van der Waals surface area contributed by atoms with Crippen LogP contribution in [-0.4, -0.2) is 4.57 Å². The fourth-order valence-electron chi connectivity index (χ4n) is 11.8. The molecule has 10 aromatic carbocycles. The number of fused-ring (bicyclic) bond motifs is 12. The van der Waals surface area contributed by atoms with Crippen LogP contribution in [0.25, 0.3) is 82.8 Å². The van der Waals surface area contributed by atoms with Crippen molar-refractivity contribution in [3.8, 4) is 50.2 Å². The largest absolute Gasteiger partial charge is 0.310 e. The quantitative estimate of drug-likeness (QED) is 0.162. The van der Waals surface area contributed by atoms with E-state index in [1.165, 1.54) is 99.3 Å². The predicted octanol–water partition coefficient (Wildman–Crippen LogP) is 17.4. The van der Waals surface area contributed by atoms with Crippen LogP contribution in [0.5, 0.6) is 0 Å². The molecule has 0 unspecified atom stereocenters. The molecule has 66 heavy (non-hydrogen) atoms. The standard InChI is InChI=1S/C64H48N2/c1-63(2)55-25-15-13-21-48(55)50-36-35-47(39-57(50)63)65(45-31-27-43(28-32-45)41-17-7-5-8-18-41)58-40-59-60(52-24-12-11-23-51(52)58)54-38-37-53-49-22-14-16-26-56(49)64(3,4)61(53)62(54)66(59)46-33-29-44(30-34-46)42-19-9-6-10-20-42/h5-40H,1-4H3. The van der Waals surface area contributed by atoms with Gasteiger partial charge in [-0.3, -0.25) is 0 Å². The predicted molar refractivity (Wildman–Crippen MR) is 279 cm³/mol. The summed E-state index contributed by atoms with van der Waals surface area (Å²) in [5, 5.41) is 5.00. The average molecular weight is 845 g/mol. The molecule has 1 aromatic heterocycles. The van der Waals surface area contributed by atoms with Crippen LogP contribution in [0.15, 0.2) is 218 Å². The maximum absolute atomic E-state index is 2.58. The van der Waals surface area contributed by atoms with Crippen molar-refractivity contribution >= 4 is 49.6 Å². The van der Waals surface area contributed by atoms with Gasteiger partial charge in [0, 0.05) is 44.1 Å². The van der Waals surface area contributed by atoms with Gasteiger partial charge in [0.1, 0.15) is 0 Å². The zero-order valence-corrected chi connectivity index (χ0v) is 37.7. The van der Waals surface area contributed by atoms with E-state index >= 15 is 0 Å².